The van der Waals surface area contributed by atoms with Gasteiger partial charge in [-0.15, -0.1) is 0 Å². The number of hydrogen-bond donors (Lipinski definition) is 0. The Kier molecular flexibility index (Phi) is 14.3. The largest absolute Gasteiger partial charge is 0.497 e. The van der Waals surface area contributed by atoms with Crippen molar-refractivity contribution in [2.75, 3.05) is 35.2 Å². The molecule has 1 heterocycles. The lowest BCUT2D eigenvalue weighted by molar-refractivity contribution is -0.184. The number of methoxy groups -OCH3 is 4. The van der Waals surface area contributed by atoms with Gasteiger partial charge < -0.3 is 37.9 Å². The van der Waals surface area contributed by atoms with E-state index in [1.807, 2.05) is 102 Å². The van der Waals surface area contributed by atoms with Crippen LogP contribution in [0.1, 0.15) is 22.3 Å². The van der Waals surface area contributed by atoms with Gasteiger partial charge in [0.05, 0.1) is 40.8 Å². The van der Waals surface area contributed by atoms with Crippen molar-refractivity contribution in [3.63, 3.8) is 0 Å². The molecule has 1 aromatic heterocycles. The molecule has 5 rings (SSSR count). The first kappa shape index (κ1) is 38.8. The van der Waals surface area contributed by atoms with Gasteiger partial charge in [0.15, 0.2) is 0 Å². The van der Waals surface area contributed by atoms with Crippen LogP contribution >= 0.6 is 0 Å². The average molecular weight is 738 g/mol. The second-order valence-corrected chi connectivity index (χ2v) is 11.9. The highest BCUT2D eigenvalue weighted by molar-refractivity contribution is 5.67. The molecule has 0 bridgehead atoms. The van der Waals surface area contributed by atoms with Gasteiger partial charge in [0, 0.05) is 32.2 Å². The Morgan fingerprint density at radius 3 is 1.50 bits per heavy atom. The summed E-state index contributed by atoms with van der Waals surface area (Å²) in [6, 6.07) is 31.6. The van der Waals surface area contributed by atoms with Crippen molar-refractivity contribution < 1.29 is 47.5 Å². The van der Waals surface area contributed by atoms with Crippen molar-refractivity contribution in [3.05, 3.63) is 138 Å². The maximum absolute atomic E-state index is 13.4. The van der Waals surface area contributed by atoms with Crippen LogP contribution in [-0.4, -0.2) is 69.0 Å². The maximum Gasteiger partial charge on any atom is 0.413 e. The van der Waals surface area contributed by atoms with E-state index in [2.05, 4.69) is 4.98 Å². The van der Waals surface area contributed by atoms with Gasteiger partial charge in [0.25, 0.3) is 6.47 Å². The second kappa shape index (κ2) is 20.0. The first-order valence-electron chi connectivity index (χ1n) is 16.9. The SMILES string of the molecule is COc1cccc(CN(Cc2cccc(OC)c2)C(=O)OCOc2cncc(OC(OC=O)N(Cc3cccc(OC)c3)Cc3cccc(OC)c3)c2)c1. The highest BCUT2D eigenvalue weighted by Gasteiger charge is 2.24. The predicted octanol–water partition coefficient (Wildman–Crippen LogP) is 6.83. The van der Waals surface area contributed by atoms with Crippen LogP contribution in [0.2, 0.25) is 0 Å². The molecule has 0 fully saturated rings. The monoisotopic (exact) mass is 737 g/mol. The minimum absolute atomic E-state index is 0.240. The van der Waals surface area contributed by atoms with Gasteiger partial charge in [-0.3, -0.25) is 14.7 Å². The molecule has 54 heavy (non-hydrogen) atoms. The smallest absolute Gasteiger partial charge is 0.413 e. The summed E-state index contributed by atoms with van der Waals surface area (Å²) >= 11 is 0. The van der Waals surface area contributed by atoms with E-state index in [4.69, 9.17) is 37.9 Å². The van der Waals surface area contributed by atoms with Gasteiger partial charge in [-0.1, -0.05) is 48.5 Å². The van der Waals surface area contributed by atoms with Gasteiger partial charge in [0.1, 0.15) is 34.5 Å². The summed E-state index contributed by atoms with van der Waals surface area (Å²) in [5, 5.41) is 0. The van der Waals surface area contributed by atoms with E-state index in [9.17, 15) is 9.59 Å². The number of ether oxygens (including phenoxy) is 8. The van der Waals surface area contributed by atoms with Crippen LogP contribution in [-0.2, 0) is 40.4 Å². The molecule has 13 nitrogen and oxygen atoms in total. The molecule has 4 aromatic carbocycles. The van der Waals surface area contributed by atoms with E-state index < -0.39 is 19.3 Å². The molecule has 0 aliphatic carbocycles. The average Bonchev–Trinajstić information content (AvgIpc) is 3.20. The van der Waals surface area contributed by atoms with Crippen LogP contribution < -0.4 is 28.4 Å². The molecular weight excluding hydrogens is 694 g/mol. The Balaban J connectivity index is 1.28. The Morgan fingerprint density at radius 2 is 1.06 bits per heavy atom. The molecule has 0 saturated heterocycles. The van der Waals surface area contributed by atoms with Gasteiger partial charge in [0.2, 0.25) is 6.79 Å². The fourth-order valence-corrected chi connectivity index (χ4v) is 5.52. The summed E-state index contributed by atoms with van der Waals surface area (Å²) in [7, 11) is 6.37. The summed E-state index contributed by atoms with van der Waals surface area (Å²) in [4.78, 5) is 32.8. The molecule has 5 aromatic rings. The fourth-order valence-electron chi connectivity index (χ4n) is 5.52. The van der Waals surface area contributed by atoms with Crippen molar-refractivity contribution >= 4 is 12.6 Å². The predicted molar refractivity (Wildman–Crippen MR) is 198 cm³/mol. The van der Waals surface area contributed by atoms with Gasteiger partial charge >= 0.3 is 12.5 Å². The molecule has 1 unspecified atom stereocenters. The Hall–Kier alpha value is -6.47. The lowest BCUT2D eigenvalue weighted by Crippen LogP contribution is -2.40. The third-order valence-corrected chi connectivity index (χ3v) is 8.12. The zero-order chi connectivity index (χ0) is 38.1. The molecule has 1 atom stereocenters. The first-order chi connectivity index (χ1) is 26.4. The number of benzene rings is 4. The molecule has 0 saturated carbocycles. The second-order valence-electron chi connectivity index (χ2n) is 11.9. The summed E-state index contributed by atoms with van der Waals surface area (Å²) in [5.74, 6) is 3.20. The number of amides is 1. The normalized spacial score (nSPS) is 11.2. The highest BCUT2D eigenvalue weighted by Crippen LogP contribution is 2.25. The van der Waals surface area contributed by atoms with Crippen LogP contribution in [0.5, 0.6) is 34.5 Å². The molecule has 1 amide bonds. The molecule has 0 radical (unpaired) electrons. The summed E-state index contributed by atoms with van der Waals surface area (Å²) < 4.78 is 44.6. The number of pyridine rings is 1. The van der Waals surface area contributed by atoms with Crippen molar-refractivity contribution in [2.24, 2.45) is 0 Å². The zero-order valence-electron chi connectivity index (χ0n) is 30.6. The van der Waals surface area contributed by atoms with Crippen molar-refractivity contribution in [1.82, 2.24) is 14.8 Å². The Labute approximate surface area is 314 Å². The van der Waals surface area contributed by atoms with Crippen LogP contribution in [0.25, 0.3) is 0 Å². The minimum atomic E-state index is -1.17. The lowest BCUT2D eigenvalue weighted by atomic mass is 10.1. The zero-order valence-corrected chi connectivity index (χ0v) is 30.6. The van der Waals surface area contributed by atoms with Crippen LogP contribution in [0.3, 0.4) is 0 Å². The van der Waals surface area contributed by atoms with Crippen LogP contribution in [0, 0.1) is 0 Å². The van der Waals surface area contributed by atoms with E-state index in [0.717, 1.165) is 22.3 Å². The Bertz CT molecular complexity index is 1860. The maximum atomic E-state index is 13.4. The van der Waals surface area contributed by atoms with Crippen LogP contribution in [0.15, 0.2) is 116 Å². The first-order valence-corrected chi connectivity index (χ1v) is 16.9. The van der Waals surface area contributed by atoms with Crippen molar-refractivity contribution in [3.8, 4) is 34.5 Å². The molecule has 282 valence electrons. The highest BCUT2D eigenvalue weighted by atomic mass is 16.7. The number of nitrogens with zero attached hydrogens (tertiary/aromatic N) is 3. The van der Waals surface area contributed by atoms with Gasteiger partial charge in [-0.25, -0.2) is 9.69 Å². The van der Waals surface area contributed by atoms with E-state index >= 15 is 0 Å². The molecule has 13 heteroatoms. The van der Waals surface area contributed by atoms with E-state index in [-0.39, 0.29) is 24.6 Å². The van der Waals surface area contributed by atoms with E-state index in [1.165, 1.54) is 12.4 Å². The fraction of sp³-hybridized carbons (Fsp3) is 0.244. The molecule has 0 aliphatic rings. The van der Waals surface area contributed by atoms with Gasteiger partial charge in [-0.05, 0) is 70.8 Å². The molecule has 0 spiro atoms. The number of hydrogen-bond acceptors (Lipinski definition) is 12. The Morgan fingerprint density at radius 1 is 0.611 bits per heavy atom. The quantitative estimate of drug-likeness (QED) is 0.0614. The number of carbonyl (C=O) groups is 2. The third-order valence-electron chi connectivity index (χ3n) is 8.12. The summed E-state index contributed by atoms with van der Waals surface area (Å²) in [6.07, 6.45) is 1.13. The van der Waals surface area contributed by atoms with E-state index in [1.54, 1.807) is 39.4 Å². The van der Waals surface area contributed by atoms with Crippen LogP contribution in [0.4, 0.5) is 4.79 Å². The molecule has 0 N–H and O–H groups in total. The summed E-state index contributed by atoms with van der Waals surface area (Å²) in [5.41, 5.74) is 3.49. The number of rotatable bonds is 20. The van der Waals surface area contributed by atoms with Crippen molar-refractivity contribution in [2.45, 2.75) is 32.6 Å². The standard InChI is InChI=1S/C41H43N3O10/c1-47-34-13-5-9-30(17-34)24-43(25-31-10-6-14-35(18-31)48-2)40(46)53-29-52-38-21-39(23-42-22-38)54-41(51-28-45)44(26-32-11-7-15-36(19-32)49-3)27-33-12-8-16-37(20-33)50-4/h5-23,28,41H,24-27,29H2,1-4H3. The third kappa shape index (κ3) is 11.5. The lowest BCUT2D eigenvalue weighted by Gasteiger charge is -2.30. The topological polar surface area (TPSA) is 127 Å². The molecule has 0 aliphatic heterocycles. The summed E-state index contributed by atoms with van der Waals surface area (Å²) in [6.45, 7) is 1.06. The number of aromatic nitrogens is 1. The minimum Gasteiger partial charge on any atom is -0.497 e. The van der Waals surface area contributed by atoms with E-state index in [0.29, 0.717) is 42.6 Å². The number of carbonyl (C=O) groups excluding carboxylic acids is 2. The molecular formula is C41H43N3O10. The van der Waals surface area contributed by atoms with Gasteiger partial charge in [-0.2, -0.15) is 0 Å². The van der Waals surface area contributed by atoms with Crippen molar-refractivity contribution in [1.29, 1.82) is 0 Å².